The number of fused-ring (bicyclic) bond motifs is 1. The molecular weight excluding hydrogens is 288 g/mol. The first-order valence-corrected chi connectivity index (χ1v) is 7.49. The standard InChI is InChI=1S/C15H21ClN4O/c1-4-20-13-7-6-11(10-12(13)18-15(20)16)14(21)17-8-5-9-19(2)3/h6-7,10H,4-5,8-9H2,1-3H3,(H,17,21). The SMILES string of the molecule is CCn1c(Cl)nc2cc(C(=O)NCCCN(C)C)ccc21. The van der Waals surface area contributed by atoms with E-state index in [0.29, 0.717) is 17.4 Å². The van der Waals surface area contributed by atoms with Crippen molar-refractivity contribution in [1.29, 1.82) is 0 Å². The van der Waals surface area contributed by atoms with E-state index in [-0.39, 0.29) is 5.91 Å². The minimum Gasteiger partial charge on any atom is -0.352 e. The van der Waals surface area contributed by atoms with Gasteiger partial charge >= 0.3 is 0 Å². The number of halogens is 1. The number of hydrogen-bond acceptors (Lipinski definition) is 3. The Morgan fingerprint density at radius 2 is 2.19 bits per heavy atom. The molecule has 0 radical (unpaired) electrons. The molecule has 2 rings (SSSR count). The summed E-state index contributed by atoms with van der Waals surface area (Å²) in [6.07, 6.45) is 0.928. The summed E-state index contributed by atoms with van der Waals surface area (Å²) in [6, 6.07) is 5.49. The molecule has 0 aliphatic carbocycles. The minimum atomic E-state index is -0.0715. The maximum Gasteiger partial charge on any atom is 0.251 e. The Bertz CT molecular complexity index is 636. The highest BCUT2D eigenvalue weighted by atomic mass is 35.5. The van der Waals surface area contributed by atoms with Gasteiger partial charge in [0.1, 0.15) is 0 Å². The van der Waals surface area contributed by atoms with Gasteiger partial charge in [0.05, 0.1) is 11.0 Å². The molecule has 21 heavy (non-hydrogen) atoms. The number of amides is 1. The van der Waals surface area contributed by atoms with Gasteiger partial charge in [-0.05, 0) is 63.8 Å². The van der Waals surface area contributed by atoms with Crippen molar-refractivity contribution in [2.24, 2.45) is 0 Å². The van der Waals surface area contributed by atoms with Gasteiger partial charge in [0.25, 0.3) is 5.91 Å². The minimum absolute atomic E-state index is 0.0715. The first-order chi connectivity index (χ1) is 10.0. The number of aromatic nitrogens is 2. The van der Waals surface area contributed by atoms with Crippen LogP contribution >= 0.6 is 11.6 Å². The lowest BCUT2D eigenvalue weighted by Gasteiger charge is -2.10. The van der Waals surface area contributed by atoms with Crippen LogP contribution in [-0.2, 0) is 6.54 Å². The van der Waals surface area contributed by atoms with E-state index in [1.807, 2.05) is 37.7 Å². The third-order valence-electron chi connectivity index (χ3n) is 3.35. The zero-order valence-corrected chi connectivity index (χ0v) is 13.4. The highest BCUT2D eigenvalue weighted by molar-refractivity contribution is 6.29. The second kappa shape index (κ2) is 6.91. The van der Waals surface area contributed by atoms with Crippen LogP contribution in [0.5, 0.6) is 0 Å². The van der Waals surface area contributed by atoms with Gasteiger partial charge in [0, 0.05) is 18.7 Å². The molecule has 1 N–H and O–H groups in total. The summed E-state index contributed by atoms with van der Waals surface area (Å²) in [5.74, 6) is -0.0715. The van der Waals surface area contributed by atoms with Crippen LogP contribution in [0.25, 0.3) is 11.0 Å². The van der Waals surface area contributed by atoms with Crippen molar-refractivity contribution in [1.82, 2.24) is 19.8 Å². The molecule has 0 spiro atoms. The van der Waals surface area contributed by atoms with Crippen molar-refractivity contribution in [3.63, 3.8) is 0 Å². The molecule has 0 aliphatic rings. The summed E-state index contributed by atoms with van der Waals surface area (Å²) in [5, 5.41) is 3.38. The largest absolute Gasteiger partial charge is 0.352 e. The fourth-order valence-corrected chi connectivity index (χ4v) is 2.54. The number of rotatable bonds is 6. The normalized spacial score (nSPS) is 11.3. The van der Waals surface area contributed by atoms with Crippen LogP contribution in [0, 0.1) is 0 Å². The third-order valence-corrected chi connectivity index (χ3v) is 3.64. The van der Waals surface area contributed by atoms with E-state index in [1.165, 1.54) is 0 Å². The average Bonchev–Trinajstić information content (AvgIpc) is 2.77. The lowest BCUT2D eigenvalue weighted by atomic mass is 10.2. The maximum atomic E-state index is 12.1. The van der Waals surface area contributed by atoms with Gasteiger partial charge in [-0.3, -0.25) is 4.79 Å². The van der Waals surface area contributed by atoms with Gasteiger partial charge in [-0.25, -0.2) is 4.98 Å². The Morgan fingerprint density at radius 3 is 2.86 bits per heavy atom. The van der Waals surface area contributed by atoms with Crippen molar-refractivity contribution in [2.75, 3.05) is 27.2 Å². The van der Waals surface area contributed by atoms with Gasteiger partial charge in [-0.1, -0.05) is 0 Å². The van der Waals surface area contributed by atoms with Crippen LogP contribution in [-0.4, -0.2) is 47.5 Å². The van der Waals surface area contributed by atoms with E-state index in [0.717, 1.165) is 30.5 Å². The first kappa shape index (κ1) is 15.8. The molecule has 0 atom stereocenters. The fourth-order valence-electron chi connectivity index (χ4n) is 2.24. The van der Waals surface area contributed by atoms with Crippen LogP contribution in [0.3, 0.4) is 0 Å². The summed E-state index contributed by atoms with van der Waals surface area (Å²) < 4.78 is 1.91. The first-order valence-electron chi connectivity index (χ1n) is 7.11. The van der Waals surface area contributed by atoms with Crippen LogP contribution in [0.2, 0.25) is 5.28 Å². The van der Waals surface area contributed by atoms with Crippen LogP contribution < -0.4 is 5.32 Å². The molecule has 0 fully saturated rings. The second-order valence-corrected chi connectivity index (χ2v) is 5.58. The Hall–Kier alpha value is -1.59. The van der Waals surface area contributed by atoms with Crippen molar-refractivity contribution < 1.29 is 4.79 Å². The lowest BCUT2D eigenvalue weighted by molar-refractivity contribution is 0.0952. The van der Waals surface area contributed by atoms with E-state index in [1.54, 1.807) is 6.07 Å². The van der Waals surface area contributed by atoms with Crippen molar-refractivity contribution in [2.45, 2.75) is 19.9 Å². The Labute approximate surface area is 129 Å². The molecule has 0 saturated carbocycles. The van der Waals surface area contributed by atoms with Gasteiger partial charge in [-0.15, -0.1) is 0 Å². The maximum absolute atomic E-state index is 12.1. The van der Waals surface area contributed by atoms with Gasteiger partial charge < -0.3 is 14.8 Å². The molecule has 1 aromatic heterocycles. The number of imidazole rings is 1. The van der Waals surface area contributed by atoms with Crippen LogP contribution in [0.4, 0.5) is 0 Å². The van der Waals surface area contributed by atoms with Gasteiger partial charge in [0.2, 0.25) is 5.28 Å². The molecule has 1 aromatic carbocycles. The van der Waals surface area contributed by atoms with Crippen molar-refractivity contribution in [3.8, 4) is 0 Å². The van der Waals surface area contributed by atoms with Gasteiger partial charge in [-0.2, -0.15) is 0 Å². The molecule has 6 heteroatoms. The number of benzene rings is 1. The summed E-state index contributed by atoms with van der Waals surface area (Å²) >= 11 is 6.08. The molecule has 0 aliphatic heterocycles. The summed E-state index contributed by atoms with van der Waals surface area (Å²) in [5.41, 5.74) is 2.32. The number of nitrogens with one attached hydrogen (secondary N) is 1. The molecule has 0 unspecified atom stereocenters. The molecule has 1 amide bonds. The molecular formula is C15H21ClN4O. The lowest BCUT2D eigenvalue weighted by Crippen LogP contribution is -2.27. The Balaban J connectivity index is 2.06. The number of nitrogens with zero attached hydrogens (tertiary/aromatic N) is 3. The van der Waals surface area contributed by atoms with E-state index < -0.39 is 0 Å². The second-order valence-electron chi connectivity index (χ2n) is 5.24. The molecule has 114 valence electrons. The highest BCUT2D eigenvalue weighted by Gasteiger charge is 2.11. The van der Waals surface area contributed by atoms with Crippen LogP contribution in [0.15, 0.2) is 18.2 Å². The third kappa shape index (κ3) is 3.74. The van der Waals surface area contributed by atoms with E-state index >= 15 is 0 Å². The number of carbonyl (C=O) groups is 1. The average molecular weight is 309 g/mol. The van der Waals surface area contributed by atoms with Crippen molar-refractivity contribution in [3.05, 3.63) is 29.0 Å². The topological polar surface area (TPSA) is 50.2 Å². The van der Waals surface area contributed by atoms with Gasteiger partial charge in [0.15, 0.2) is 0 Å². The Morgan fingerprint density at radius 1 is 1.43 bits per heavy atom. The summed E-state index contributed by atoms with van der Waals surface area (Å²) in [6.45, 7) is 4.39. The molecule has 0 bridgehead atoms. The van der Waals surface area contributed by atoms with E-state index in [4.69, 9.17) is 11.6 Å². The zero-order valence-electron chi connectivity index (χ0n) is 12.7. The predicted molar refractivity (Wildman–Crippen MR) is 85.9 cm³/mol. The number of aryl methyl sites for hydroxylation is 1. The fraction of sp³-hybridized carbons (Fsp3) is 0.467. The van der Waals surface area contributed by atoms with E-state index in [2.05, 4.69) is 15.2 Å². The van der Waals surface area contributed by atoms with E-state index in [9.17, 15) is 4.79 Å². The predicted octanol–water partition coefficient (Wildman–Crippen LogP) is 2.39. The molecule has 0 saturated heterocycles. The highest BCUT2D eigenvalue weighted by Crippen LogP contribution is 2.20. The van der Waals surface area contributed by atoms with Crippen molar-refractivity contribution >= 4 is 28.5 Å². The monoisotopic (exact) mass is 308 g/mol. The molecule has 2 aromatic rings. The summed E-state index contributed by atoms with van der Waals surface area (Å²) in [7, 11) is 4.03. The molecule has 1 heterocycles. The molecule has 5 nitrogen and oxygen atoms in total. The quantitative estimate of drug-likeness (QED) is 0.834. The Kier molecular flexibility index (Phi) is 5.20. The zero-order chi connectivity index (χ0) is 15.4. The number of hydrogen-bond donors (Lipinski definition) is 1. The smallest absolute Gasteiger partial charge is 0.251 e. The number of carbonyl (C=O) groups excluding carboxylic acids is 1. The summed E-state index contributed by atoms with van der Waals surface area (Å²) in [4.78, 5) is 18.5. The van der Waals surface area contributed by atoms with Crippen LogP contribution in [0.1, 0.15) is 23.7 Å².